The van der Waals surface area contributed by atoms with Gasteiger partial charge in [-0.15, -0.1) is 0 Å². The number of nitrogens with zero attached hydrogens (tertiary/aromatic N) is 3. The van der Waals surface area contributed by atoms with Crippen LogP contribution in [0.25, 0.3) is 0 Å². The lowest BCUT2D eigenvalue weighted by atomic mass is 9.74. The number of carbonyl (C=O) groups is 1. The molecule has 0 bridgehead atoms. The highest BCUT2D eigenvalue weighted by molar-refractivity contribution is 5.92. The number of anilines is 1. The van der Waals surface area contributed by atoms with E-state index >= 15 is 0 Å². The monoisotopic (exact) mass is 350 g/mol. The van der Waals surface area contributed by atoms with E-state index in [-0.39, 0.29) is 11.3 Å². The molecule has 2 aliphatic heterocycles. The molecule has 0 radical (unpaired) electrons. The van der Waals surface area contributed by atoms with Gasteiger partial charge >= 0.3 is 0 Å². The van der Waals surface area contributed by atoms with Crippen LogP contribution < -0.4 is 4.90 Å². The number of carbonyl (C=O) groups excluding carboxylic acids is 1. The second kappa shape index (κ2) is 5.86. The van der Waals surface area contributed by atoms with Gasteiger partial charge in [0.05, 0.1) is 0 Å². The van der Waals surface area contributed by atoms with Gasteiger partial charge < -0.3 is 9.80 Å². The first-order valence-electron chi connectivity index (χ1n) is 9.80. The van der Waals surface area contributed by atoms with Crippen LogP contribution in [0.4, 0.5) is 5.69 Å². The van der Waals surface area contributed by atoms with E-state index in [0.29, 0.717) is 5.69 Å². The summed E-state index contributed by atoms with van der Waals surface area (Å²) < 4.78 is 0. The molecule has 136 valence electrons. The van der Waals surface area contributed by atoms with Crippen LogP contribution in [-0.4, -0.2) is 47.2 Å². The largest absolute Gasteiger partial charge is 0.370 e. The van der Waals surface area contributed by atoms with E-state index in [1.165, 1.54) is 30.6 Å². The molecule has 1 aromatic heterocycles. The summed E-state index contributed by atoms with van der Waals surface area (Å²) in [6, 6.07) is 10.8. The normalized spacial score (nSPS) is 21.3. The van der Waals surface area contributed by atoms with Crippen LogP contribution in [0.15, 0.2) is 30.3 Å². The van der Waals surface area contributed by atoms with Crippen molar-refractivity contribution < 1.29 is 4.79 Å². The number of para-hydroxylation sites is 1. The van der Waals surface area contributed by atoms with E-state index < -0.39 is 0 Å². The van der Waals surface area contributed by atoms with Gasteiger partial charge in [-0.1, -0.05) is 18.2 Å². The van der Waals surface area contributed by atoms with Gasteiger partial charge in [-0.05, 0) is 56.2 Å². The molecule has 2 fully saturated rings. The van der Waals surface area contributed by atoms with Gasteiger partial charge in [0, 0.05) is 43.0 Å². The number of rotatable bonds is 3. The summed E-state index contributed by atoms with van der Waals surface area (Å²) in [6.07, 6.45) is 4.86. The molecule has 1 aromatic carbocycles. The van der Waals surface area contributed by atoms with Gasteiger partial charge in [0.25, 0.3) is 5.91 Å². The van der Waals surface area contributed by atoms with Crippen molar-refractivity contribution in [2.45, 2.75) is 38.0 Å². The molecule has 1 spiro atoms. The van der Waals surface area contributed by atoms with Crippen molar-refractivity contribution in [1.29, 1.82) is 0 Å². The van der Waals surface area contributed by atoms with Crippen LogP contribution in [0.3, 0.4) is 0 Å². The molecule has 1 saturated carbocycles. The minimum absolute atomic E-state index is 0.0605. The molecule has 0 unspecified atom stereocenters. The summed E-state index contributed by atoms with van der Waals surface area (Å²) in [6.45, 7) is 5.88. The fourth-order valence-electron chi connectivity index (χ4n) is 4.76. The standard InChI is InChI=1S/C21H26N4O/c1-15-12-18(23-22-15)20(26)24-10-8-21(9-11-24)14-25(13-16-6-7-16)19-5-3-2-4-17(19)21/h2-5,12,16H,6-11,13-14H2,1H3,(H,22,23). The highest BCUT2D eigenvalue weighted by atomic mass is 16.2. The van der Waals surface area contributed by atoms with Crippen LogP contribution in [0.1, 0.15) is 47.4 Å². The van der Waals surface area contributed by atoms with E-state index in [1.807, 2.05) is 17.9 Å². The zero-order chi connectivity index (χ0) is 17.7. The molecule has 5 nitrogen and oxygen atoms in total. The number of H-pyrrole nitrogens is 1. The highest BCUT2D eigenvalue weighted by Crippen LogP contribution is 2.48. The van der Waals surface area contributed by atoms with E-state index in [0.717, 1.165) is 44.1 Å². The molecule has 3 heterocycles. The number of benzene rings is 1. The van der Waals surface area contributed by atoms with Crippen molar-refractivity contribution in [1.82, 2.24) is 15.1 Å². The van der Waals surface area contributed by atoms with Crippen LogP contribution >= 0.6 is 0 Å². The number of aromatic nitrogens is 2. The van der Waals surface area contributed by atoms with Gasteiger partial charge in [-0.3, -0.25) is 9.89 Å². The number of aromatic amines is 1. The van der Waals surface area contributed by atoms with E-state index in [1.54, 1.807) is 0 Å². The molecule has 5 heteroatoms. The summed E-state index contributed by atoms with van der Waals surface area (Å²) in [5.41, 5.74) is 4.62. The van der Waals surface area contributed by atoms with Crippen molar-refractivity contribution in [3.63, 3.8) is 0 Å². The van der Waals surface area contributed by atoms with E-state index in [9.17, 15) is 4.79 Å². The molecule has 1 amide bonds. The first-order valence-corrected chi connectivity index (χ1v) is 9.80. The Morgan fingerprint density at radius 2 is 2.04 bits per heavy atom. The minimum atomic E-state index is 0.0605. The van der Waals surface area contributed by atoms with Crippen molar-refractivity contribution in [2.24, 2.45) is 5.92 Å². The van der Waals surface area contributed by atoms with Gasteiger partial charge in [0.15, 0.2) is 0 Å². The van der Waals surface area contributed by atoms with Crippen molar-refractivity contribution >= 4 is 11.6 Å². The Balaban J connectivity index is 1.34. The Bertz CT molecular complexity index is 830. The van der Waals surface area contributed by atoms with Crippen LogP contribution in [0.2, 0.25) is 0 Å². The molecule has 1 aliphatic carbocycles. The summed E-state index contributed by atoms with van der Waals surface area (Å²) in [5, 5.41) is 7.02. The maximum Gasteiger partial charge on any atom is 0.274 e. The zero-order valence-corrected chi connectivity index (χ0v) is 15.4. The number of fused-ring (bicyclic) bond motifs is 2. The first kappa shape index (κ1) is 15.9. The zero-order valence-electron chi connectivity index (χ0n) is 15.4. The predicted octanol–water partition coefficient (Wildman–Crippen LogP) is 3.12. The maximum atomic E-state index is 12.7. The highest BCUT2D eigenvalue weighted by Gasteiger charge is 2.46. The minimum Gasteiger partial charge on any atom is -0.370 e. The number of aryl methyl sites for hydroxylation is 1. The molecular formula is C21H26N4O. The van der Waals surface area contributed by atoms with Crippen LogP contribution in [0, 0.1) is 12.8 Å². The lowest BCUT2D eigenvalue weighted by molar-refractivity contribution is 0.0668. The Kier molecular flexibility index (Phi) is 3.59. The number of piperidine rings is 1. The first-order chi connectivity index (χ1) is 12.6. The number of amides is 1. The molecule has 2 aromatic rings. The summed E-state index contributed by atoms with van der Waals surface area (Å²) in [4.78, 5) is 17.3. The Morgan fingerprint density at radius 3 is 2.73 bits per heavy atom. The second-order valence-corrected chi connectivity index (χ2v) is 8.35. The number of hydrogen-bond donors (Lipinski definition) is 1. The van der Waals surface area contributed by atoms with Crippen molar-refractivity contribution in [3.05, 3.63) is 47.3 Å². The number of nitrogens with one attached hydrogen (secondary N) is 1. The fourth-order valence-corrected chi connectivity index (χ4v) is 4.76. The number of likely N-dealkylation sites (tertiary alicyclic amines) is 1. The maximum absolute atomic E-state index is 12.7. The van der Waals surface area contributed by atoms with Gasteiger partial charge in [0.2, 0.25) is 0 Å². The second-order valence-electron chi connectivity index (χ2n) is 8.35. The average molecular weight is 350 g/mol. The predicted molar refractivity (Wildman–Crippen MR) is 102 cm³/mol. The Hall–Kier alpha value is -2.30. The lowest BCUT2D eigenvalue weighted by Crippen LogP contribution is -2.47. The SMILES string of the molecule is Cc1cc(C(=O)N2CCC3(CC2)CN(CC2CC2)c2ccccc23)n[nH]1. The lowest BCUT2D eigenvalue weighted by Gasteiger charge is -2.39. The summed E-state index contributed by atoms with van der Waals surface area (Å²) >= 11 is 0. The molecule has 0 atom stereocenters. The van der Waals surface area contributed by atoms with Gasteiger partial charge in [-0.2, -0.15) is 5.10 Å². The third kappa shape index (κ3) is 2.61. The van der Waals surface area contributed by atoms with Crippen molar-refractivity contribution in [3.8, 4) is 0 Å². The summed E-state index contributed by atoms with van der Waals surface area (Å²) in [7, 11) is 0. The van der Waals surface area contributed by atoms with E-state index in [4.69, 9.17) is 0 Å². The molecule has 3 aliphatic rings. The quantitative estimate of drug-likeness (QED) is 0.925. The van der Waals surface area contributed by atoms with Gasteiger partial charge in [0.1, 0.15) is 5.69 Å². The van der Waals surface area contributed by atoms with E-state index in [2.05, 4.69) is 39.4 Å². The van der Waals surface area contributed by atoms with Gasteiger partial charge in [-0.25, -0.2) is 0 Å². The number of hydrogen-bond acceptors (Lipinski definition) is 3. The summed E-state index contributed by atoms with van der Waals surface area (Å²) in [5.74, 6) is 0.952. The Morgan fingerprint density at radius 1 is 1.27 bits per heavy atom. The fraction of sp³-hybridized carbons (Fsp3) is 0.524. The van der Waals surface area contributed by atoms with Crippen LogP contribution in [-0.2, 0) is 5.41 Å². The average Bonchev–Trinajstić information content (AvgIpc) is 3.30. The Labute approximate surface area is 154 Å². The third-order valence-electron chi connectivity index (χ3n) is 6.42. The topological polar surface area (TPSA) is 52.2 Å². The molecule has 1 saturated heterocycles. The molecule has 1 N–H and O–H groups in total. The molecule has 5 rings (SSSR count). The third-order valence-corrected chi connectivity index (χ3v) is 6.42. The smallest absolute Gasteiger partial charge is 0.274 e. The van der Waals surface area contributed by atoms with Crippen molar-refractivity contribution in [2.75, 3.05) is 31.1 Å². The van der Waals surface area contributed by atoms with Crippen LogP contribution in [0.5, 0.6) is 0 Å². The molecular weight excluding hydrogens is 324 g/mol. The molecule has 26 heavy (non-hydrogen) atoms.